The maximum Gasteiger partial charge on any atom is 0.416 e. The maximum absolute atomic E-state index is 13.0. The van der Waals surface area contributed by atoms with E-state index in [1.165, 1.54) is 36.4 Å². The lowest BCUT2D eigenvalue weighted by molar-refractivity contribution is -0.385. The number of carbonyl (C=O) groups is 3. The molecule has 2 amide bonds. The number of nitro groups is 1. The molecule has 0 unspecified atom stereocenters. The zero-order valence-corrected chi connectivity index (χ0v) is 20.5. The van der Waals surface area contributed by atoms with Gasteiger partial charge < -0.3 is 10.1 Å². The lowest BCUT2D eigenvalue weighted by Crippen LogP contribution is -2.19. The Labute approximate surface area is 219 Å². The van der Waals surface area contributed by atoms with E-state index < -0.39 is 45.5 Å². The van der Waals surface area contributed by atoms with E-state index in [0.717, 1.165) is 30.5 Å². The van der Waals surface area contributed by atoms with Gasteiger partial charge in [0.2, 0.25) is 11.7 Å². The number of nitro benzene ring substituents is 1. The first-order valence-corrected chi connectivity index (χ1v) is 11.3. The molecule has 0 radical (unpaired) electrons. The monoisotopic (exact) mass is 542 g/mol. The molecule has 3 aromatic carbocycles. The smallest absolute Gasteiger partial charge is 0.415 e. The number of halogens is 3. The number of esters is 1. The molecule has 0 aliphatic heterocycles. The number of carbonyl (C=O) groups excluding carboxylic acids is 3. The minimum Gasteiger partial charge on any atom is -0.415 e. The van der Waals surface area contributed by atoms with Crippen molar-refractivity contribution in [3.63, 3.8) is 0 Å². The normalized spacial score (nSPS) is 11.3. The highest BCUT2D eigenvalue weighted by molar-refractivity contribution is 5.97. The molecule has 10 nitrogen and oxygen atoms in total. The van der Waals surface area contributed by atoms with Crippen molar-refractivity contribution < 1.29 is 37.2 Å². The molecular weight excluding hydrogens is 521 g/mol. The topological polar surface area (TPSA) is 140 Å². The van der Waals surface area contributed by atoms with Gasteiger partial charge in [0.15, 0.2) is 0 Å². The van der Waals surface area contributed by atoms with Crippen LogP contribution in [0.1, 0.15) is 45.7 Å². The van der Waals surface area contributed by atoms with Gasteiger partial charge in [-0.15, -0.1) is 0 Å². The van der Waals surface area contributed by atoms with Crippen LogP contribution in [0, 0.1) is 16.0 Å². The molecule has 0 aliphatic carbocycles. The number of anilines is 1. The predicted molar refractivity (Wildman–Crippen MR) is 134 cm³/mol. The Kier molecular flexibility index (Phi) is 8.76. The van der Waals surface area contributed by atoms with Gasteiger partial charge in [-0.3, -0.25) is 19.7 Å². The Bertz CT molecular complexity index is 1440. The molecule has 0 saturated heterocycles. The number of hydrogen-bond donors (Lipinski definition) is 2. The molecule has 0 heterocycles. The Morgan fingerprint density at radius 2 is 1.67 bits per heavy atom. The summed E-state index contributed by atoms with van der Waals surface area (Å²) in [5.74, 6) is -2.92. The van der Waals surface area contributed by atoms with E-state index in [4.69, 9.17) is 4.74 Å². The van der Waals surface area contributed by atoms with Gasteiger partial charge in [0.05, 0.1) is 22.3 Å². The van der Waals surface area contributed by atoms with Crippen molar-refractivity contribution in [3.05, 3.63) is 99.1 Å². The lowest BCUT2D eigenvalue weighted by atomic mass is 10.1. The zero-order valence-electron chi connectivity index (χ0n) is 20.5. The first kappa shape index (κ1) is 28.5. The number of rotatable bonds is 8. The molecule has 13 heteroatoms. The highest BCUT2D eigenvalue weighted by Crippen LogP contribution is 2.32. The summed E-state index contributed by atoms with van der Waals surface area (Å²) in [5.41, 5.74) is 0.562. The average molecular weight is 542 g/mol. The second-order valence-electron chi connectivity index (χ2n) is 8.34. The third kappa shape index (κ3) is 7.47. The van der Waals surface area contributed by atoms with E-state index in [2.05, 4.69) is 15.8 Å². The quantitative estimate of drug-likeness (QED) is 0.132. The Morgan fingerprint density at radius 3 is 2.28 bits per heavy atom. The summed E-state index contributed by atoms with van der Waals surface area (Å²) in [4.78, 5) is 47.4. The van der Waals surface area contributed by atoms with Crippen molar-refractivity contribution in [1.82, 2.24) is 5.43 Å². The number of hydrazone groups is 1. The average Bonchev–Trinajstić information content (AvgIpc) is 2.89. The molecule has 0 spiro atoms. The molecule has 3 aromatic rings. The fraction of sp³-hybridized carbons (Fsp3) is 0.154. The fourth-order valence-electron chi connectivity index (χ4n) is 3.09. The number of ether oxygens (including phenoxy) is 1. The third-order valence-corrected chi connectivity index (χ3v) is 5.15. The largest absolute Gasteiger partial charge is 0.416 e. The van der Waals surface area contributed by atoms with Crippen LogP contribution in [0.5, 0.6) is 5.75 Å². The SMILES string of the molecule is CC(C)C(=O)Nc1ccc(C(=O)N/N=C/c2cccc([N+](=O)[O-])c2OC(=O)c2cccc(C(F)(F)F)c2)cc1. The van der Waals surface area contributed by atoms with Crippen LogP contribution in [0.4, 0.5) is 24.5 Å². The number of benzene rings is 3. The minimum atomic E-state index is -4.71. The molecule has 0 saturated carbocycles. The van der Waals surface area contributed by atoms with Crippen molar-refractivity contribution in [2.75, 3.05) is 5.32 Å². The van der Waals surface area contributed by atoms with Crippen LogP contribution in [0.3, 0.4) is 0 Å². The van der Waals surface area contributed by atoms with Crippen LogP contribution >= 0.6 is 0 Å². The van der Waals surface area contributed by atoms with E-state index >= 15 is 0 Å². The highest BCUT2D eigenvalue weighted by Gasteiger charge is 2.31. The molecule has 0 atom stereocenters. The van der Waals surface area contributed by atoms with Gasteiger partial charge in [-0.25, -0.2) is 10.2 Å². The molecule has 202 valence electrons. The van der Waals surface area contributed by atoms with Gasteiger partial charge in [0, 0.05) is 28.8 Å². The molecule has 0 fully saturated rings. The fourth-order valence-corrected chi connectivity index (χ4v) is 3.09. The van der Waals surface area contributed by atoms with E-state index in [1.807, 2.05) is 0 Å². The van der Waals surface area contributed by atoms with Gasteiger partial charge in [-0.05, 0) is 48.5 Å². The molecule has 0 bridgehead atoms. The van der Waals surface area contributed by atoms with Crippen LogP contribution < -0.4 is 15.5 Å². The molecule has 0 aromatic heterocycles. The molecule has 3 rings (SSSR count). The van der Waals surface area contributed by atoms with Crippen LogP contribution in [0.25, 0.3) is 0 Å². The summed E-state index contributed by atoms with van der Waals surface area (Å²) in [6.07, 6.45) is -3.73. The number of nitrogens with one attached hydrogen (secondary N) is 2. The molecule has 2 N–H and O–H groups in total. The van der Waals surface area contributed by atoms with E-state index in [-0.39, 0.29) is 23.0 Å². The number of hydrogen-bond acceptors (Lipinski definition) is 7. The maximum atomic E-state index is 13.0. The van der Waals surface area contributed by atoms with Gasteiger partial charge in [-0.1, -0.05) is 26.0 Å². The zero-order chi connectivity index (χ0) is 28.7. The Hall–Kier alpha value is -5.07. The van der Waals surface area contributed by atoms with Crippen molar-refractivity contribution in [1.29, 1.82) is 0 Å². The summed E-state index contributed by atoms with van der Waals surface area (Å²) in [6.45, 7) is 3.46. The Balaban J connectivity index is 1.78. The number of alkyl halides is 3. The first-order valence-electron chi connectivity index (χ1n) is 11.3. The van der Waals surface area contributed by atoms with Crippen LogP contribution in [-0.2, 0) is 11.0 Å². The van der Waals surface area contributed by atoms with Gasteiger partial charge >= 0.3 is 17.8 Å². The third-order valence-electron chi connectivity index (χ3n) is 5.15. The first-order chi connectivity index (χ1) is 18.4. The minimum absolute atomic E-state index is 0.100. The summed E-state index contributed by atoms with van der Waals surface area (Å²) in [7, 11) is 0. The van der Waals surface area contributed by atoms with E-state index in [1.54, 1.807) is 13.8 Å². The van der Waals surface area contributed by atoms with E-state index in [0.29, 0.717) is 11.8 Å². The van der Waals surface area contributed by atoms with Gasteiger partial charge in [-0.2, -0.15) is 18.3 Å². The number of para-hydroxylation sites is 1. The molecule has 39 heavy (non-hydrogen) atoms. The highest BCUT2D eigenvalue weighted by atomic mass is 19.4. The van der Waals surface area contributed by atoms with E-state index in [9.17, 15) is 37.7 Å². The summed E-state index contributed by atoms with van der Waals surface area (Å²) < 4.78 is 44.1. The number of amides is 2. The van der Waals surface area contributed by atoms with Gasteiger partial charge in [0.25, 0.3) is 5.91 Å². The second kappa shape index (κ2) is 12.0. The Morgan fingerprint density at radius 1 is 1.00 bits per heavy atom. The number of nitrogens with zero attached hydrogens (tertiary/aromatic N) is 2. The summed E-state index contributed by atoms with van der Waals surface area (Å²) in [5, 5.41) is 17.9. The summed E-state index contributed by atoms with van der Waals surface area (Å²) >= 11 is 0. The van der Waals surface area contributed by atoms with Crippen molar-refractivity contribution >= 4 is 35.4 Å². The van der Waals surface area contributed by atoms with Crippen molar-refractivity contribution in [2.45, 2.75) is 20.0 Å². The van der Waals surface area contributed by atoms with Crippen molar-refractivity contribution in [3.8, 4) is 5.75 Å². The predicted octanol–water partition coefficient (Wildman–Crippen LogP) is 5.19. The van der Waals surface area contributed by atoms with Crippen LogP contribution in [-0.4, -0.2) is 28.9 Å². The second-order valence-corrected chi connectivity index (χ2v) is 8.34. The molecular formula is C26H21F3N4O6. The van der Waals surface area contributed by atoms with Gasteiger partial charge in [0.1, 0.15) is 0 Å². The lowest BCUT2D eigenvalue weighted by Gasteiger charge is -2.10. The summed E-state index contributed by atoms with van der Waals surface area (Å²) in [6, 6.07) is 12.9. The van der Waals surface area contributed by atoms with Crippen LogP contribution in [0.15, 0.2) is 71.8 Å². The molecule has 0 aliphatic rings. The standard InChI is InChI=1S/C26H21F3N4O6/c1-15(2)23(34)31-20-11-9-16(10-12-20)24(35)32-30-14-18-6-4-8-21(33(37)38)22(18)39-25(36)17-5-3-7-19(13-17)26(27,28)29/h3-15H,1-2H3,(H,31,34)(H,32,35)/b30-14+. The van der Waals surface area contributed by atoms with Crippen molar-refractivity contribution in [2.24, 2.45) is 11.0 Å². The van der Waals surface area contributed by atoms with Crippen LogP contribution in [0.2, 0.25) is 0 Å².